The monoisotopic (exact) mass is 405 g/mol. The molecule has 7 heteroatoms. The maximum absolute atomic E-state index is 13.4. The highest BCUT2D eigenvalue weighted by Gasteiger charge is 2.60. The first-order valence-corrected chi connectivity index (χ1v) is 9.58. The van der Waals surface area contributed by atoms with Gasteiger partial charge in [-0.15, -0.1) is 0 Å². The molecular weight excluding hydrogens is 390 g/mol. The van der Waals surface area contributed by atoms with Crippen LogP contribution in [0.1, 0.15) is 11.6 Å². The number of aromatic nitrogens is 1. The number of nitrogens with zero attached hydrogens (tertiary/aromatic N) is 3. The lowest BCUT2D eigenvalue weighted by atomic mass is 9.91. The molecular formula is C22H16ClN3O3. The summed E-state index contributed by atoms with van der Waals surface area (Å²) in [4.78, 5) is 37.9. The lowest BCUT2D eigenvalue weighted by Crippen LogP contribution is -2.37. The standard InChI is InChI=1S/C22H16ClN3O3/c23-16-8-4-5-9-17(16)25-21(27)18-19(14-10-12-24-13-11-14)26(29-20(18)22(25)28)15-6-2-1-3-7-15/h1-13,18-20H/t18-,19-,20-/m0/s1. The van der Waals surface area contributed by atoms with E-state index < -0.39 is 24.0 Å². The average molecular weight is 406 g/mol. The van der Waals surface area contributed by atoms with E-state index in [2.05, 4.69) is 4.98 Å². The Morgan fingerprint density at radius 3 is 2.28 bits per heavy atom. The summed E-state index contributed by atoms with van der Waals surface area (Å²) >= 11 is 6.26. The molecule has 3 aromatic rings. The number of hydroxylamine groups is 1. The molecule has 5 rings (SSSR count). The number of para-hydroxylation sites is 2. The number of rotatable bonds is 3. The molecule has 0 bridgehead atoms. The van der Waals surface area contributed by atoms with Crippen LogP contribution >= 0.6 is 11.6 Å². The SMILES string of the molecule is O=C1[C@@H]2[C@H](ON(c3ccccc3)[C@H]2c2ccncc2)C(=O)N1c1ccccc1Cl. The fourth-order valence-corrected chi connectivity index (χ4v) is 4.20. The largest absolute Gasteiger partial charge is 0.273 e. The van der Waals surface area contributed by atoms with Crippen molar-refractivity contribution in [2.45, 2.75) is 12.1 Å². The zero-order valence-corrected chi connectivity index (χ0v) is 15.9. The lowest BCUT2D eigenvalue weighted by molar-refractivity contribution is -0.126. The third-order valence-electron chi connectivity index (χ3n) is 5.27. The molecule has 0 unspecified atom stereocenters. The smallest absolute Gasteiger partial charge is 0.266 e. The van der Waals surface area contributed by atoms with Crippen LogP contribution in [0.15, 0.2) is 79.1 Å². The molecule has 3 atom stereocenters. The number of anilines is 2. The van der Waals surface area contributed by atoms with E-state index in [-0.39, 0.29) is 5.91 Å². The Labute approximate surface area is 172 Å². The van der Waals surface area contributed by atoms with Crippen molar-refractivity contribution in [1.29, 1.82) is 0 Å². The Kier molecular flexibility index (Phi) is 4.30. The fourth-order valence-electron chi connectivity index (χ4n) is 3.98. The van der Waals surface area contributed by atoms with Crippen molar-refractivity contribution in [3.05, 3.63) is 89.7 Å². The second-order valence-corrected chi connectivity index (χ2v) is 7.31. The molecule has 0 aliphatic carbocycles. The third kappa shape index (κ3) is 2.80. The van der Waals surface area contributed by atoms with Crippen LogP contribution in [-0.4, -0.2) is 22.9 Å². The normalized spacial score (nSPS) is 23.6. The summed E-state index contributed by atoms with van der Waals surface area (Å²) in [6.45, 7) is 0. The van der Waals surface area contributed by atoms with Crippen molar-refractivity contribution in [2.75, 3.05) is 9.96 Å². The van der Waals surface area contributed by atoms with Crippen LogP contribution in [0.4, 0.5) is 11.4 Å². The zero-order valence-electron chi connectivity index (χ0n) is 15.2. The van der Waals surface area contributed by atoms with Crippen molar-refractivity contribution < 1.29 is 14.4 Å². The number of hydrogen-bond acceptors (Lipinski definition) is 5. The molecule has 3 heterocycles. The van der Waals surface area contributed by atoms with Gasteiger partial charge in [0.05, 0.1) is 22.4 Å². The minimum Gasteiger partial charge on any atom is -0.273 e. The molecule has 6 nitrogen and oxygen atoms in total. The summed E-state index contributed by atoms with van der Waals surface area (Å²) in [5.41, 5.74) is 1.99. The van der Waals surface area contributed by atoms with E-state index in [1.165, 1.54) is 0 Å². The predicted molar refractivity (Wildman–Crippen MR) is 108 cm³/mol. The van der Waals surface area contributed by atoms with E-state index in [9.17, 15) is 9.59 Å². The molecule has 2 amide bonds. The minimum atomic E-state index is -0.919. The number of imide groups is 1. The number of pyridine rings is 1. The molecule has 0 spiro atoms. The van der Waals surface area contributed by atoms with Gasteiger partial charge in [0.1, 0.15) is 5.92 Å². The Morgan fingerprint density at radius 2 is 1.55 bits per heavy atom. The van der Waals surface area contributed by atoms with Crippen LogP contribution < -0.4 is 9.96 Å². The number of carbonyl (C=O) groups is 2. The molecule has 2 aliphatic heterocycles. The quantitative estimate of drug-likeness (QED) is 0.620. The number of halogens is 1. The second-order valence-electron chi connectivity index (χ2n) is 6.90. The van der Waals surface area contributed by atoms with Crippen LogP contribution in [0.25, 0.3) is 0 Å². The van der Waals surface area contributed by atoms with Crippen molar-refractivity contribution in [3.63, 3.8) is 0 Å². The van der Waals surface area contributed by atoms with E-state index in [1.807, 2.05) is 42.5 Å². The van der Waals surface area contributed by atoms with Gasteiger partial charge < -0.3 is 0 Å². The maximum Gasteiger partial charge on any atom is 0.266 e. The van der Waals surface area contributed by atoms with Crippen LogP contribution in [-0.2, 0) is 14.4 Å². The van der Waals surface area contributed by atoms with E-state index in [0.29, 0.717) is 10.7 Å². The average Bonchev–Trinajstić information content (AvgIpc) is 3.26. The highest BCUT2D eigenvalue weighted by Crippen LogP contribution is 2.48. The molecule has 29 heavy (non-hydrogen) atoms. The molecule has 0 radical (unpaired) electrons. The predicted octanol–water partition coefficient (Wildman–Crippen LogP) is 3.79. The van der Waals surface area contributed by atoms with E-state index in [4.69, 9.17) is 16.4 Å². The van der Waals surface area contributed by atoms with E-state index in [0.717, 1.165) is 16.2 Å². The first kappa shape index (κ1) is 17.8. The van der Waals surface area contributed by atoms with Gasteiger partial charge in [0.25, 0.3) is 5.91 Å². The molecule has 0 N–H and O–H groups in total. The molecule has 2 saturated heterocycles. The van der Waals surface area contributed by atoms with Gasteiger partial charge in [-0.2, -0.15) is 0 Å². The molecule has 2 aromatic carbocycles. The van der Waals surface area contributed by atoms with Crippen LogP contribution in [0.3, 0.4) is 0 Å². The van der Waals surface area contributed by atoms with Crippen molar-refractivity contribution in [2.24, 2.45) is 5.92 Å². The highest BCUT2D eigenvalue weighted by molar-refractivity contribution is 6.36. The lowest BCUT2D eigenvalue weighted by Gasteiger charge is -2.28. The van der Waals surface area contributed by atoms with Crippen LogP contribution in [0.5, 0.6) is 0 Å². The number of benzene rings is 2. The molecule has 0 saturated carbocycles. The fraction of sp³-hybridized carbons (Fsp3) is 0.136. The summed E-state index contributed by atoms with van der Waals surface area (Å²) < 4.78 is 0. The van der Waals surface area contributed by atoms with Crippen molar-refractivity contribution in [3.8, 4) is 0 Å². The number of amides is 2. The van der Waals surface area contributed by atoms with Crippen molar-refractivity contribution in [1.82, 2.24) is 4.98 Å². The van der Waals surface area contributed by atoms with Gasteiger partial charge in [0, 0.05) is 12.4 Å². The van der Waals surface area contributed by atoms with Gasteiger partial charge in [-0.3, -0.25) is 19.4 Å². The first-order chi connectivity index (χ1) is 14.2. The van der Waals surface area contributed by atoms with E-state index >= 15 is 0 Å². The highest BCUT2D eigenvalue weighted by atomic mass is 35.5. The third-order valence-corrected chi connectivity index (χ3v) is 5.59. The number of fused-ring (bicyclic) bond motifs is 1. The number of carbonyl (C=O) groups excluding carboxylic acids is 2. The molecule has 1 aromatic heterocycles. The summed E-state index contributed by atoms with van der Waals surface area (Å²) in [5, 5.41) is 2.00. The topological polar surface area (TPSA) is 62.7 Å². The van der Waals surface area contributed by atoms with Crippen LogP contribution in [0, 0.1) is 5.92 Å². The Bertz CT molecular complexity index is 1080. The molecule has 2 aliphatic rings. The number of hydrogen-bond donors (Lipinski definition) is 0. The van der Waals surface area contributed by atoms with Gasteiger partial charge >= 0.3 is 0 Å². The summed E-state index contributed by atoms with van der Waals surface area (Å²) in [6.07, 6.45) is 2.41. The summed E-state index contributed by atoms with van der Waals surface area (Å²) in [7, 11) is 0. The van der Waals surface area contributed by atoms with Crippen LogP contribution in [0.2, 0.25) is 5.02 Å². The van der Waals surface area contributed by atoms with Gasteiger partial charge in [-0.25, -0.2) is 9.96 Å². The van der Waals surface area contributed by atoms with Crippen molar-refractivity contribution >= 4 is 34.8 Å². The Morgan fingerprint density at radius 1 is 0.862 bits per heavy atom. The zero-order chi connectivity index (χ0) is 20.0. The Hall–Kier alpha value is -3.22. The minimum absolute atomic E-state index is 0.326. The molecule has 2 fully saturated rings. The first-order valence-electron chi connectivity index (χ1n) is 9.20. The van der Waals surface area contributed by atoms with Gasteiger partial charge in [-0.05, 0) is 42.0 Å². The van der Waals surface area contributed by atoms with E-state index in [1.54, 1.807) is 41.7 Å². The van der Waals surface area contributed by atoms with Gasteiger partial charge in [0.15, 0.2) is 6.10 Å². The van der Waals surface area contributed by atoms with Gasteiger partial charge in [-0.1, -0.05) is 41.9 Å². The molecule has 144 valence electrons. The maximum atomic E-state index is 13.4. The van der Waals surface area contributed by atoms with Gasteiger partial charge in [0.2, 0.25) is 5.91 Å². The second kappa shape index (κ2) is 6.99. The summed E-state index contributed by atoms with van der Waals surface area (Å²) in [6, 6.07) is 19.5. The Balaban J connectivity index is 1.60. The summed E-state index contributed by atoms with van der Waals surface area (Å²) in [5.74, 6) is -1.43.